The molecular weight excluding hydrogens is 214 g/mol. The first-order valence-corrected chi connectivity index (χ1v) is 6.14. The van der Waals surface area contributed by atoms with Gasteiger partial charge in [-0.2, -0.15) is 0 Å². The van der Waals surface area contributed by atoms with Crippen LogP contribution in [0, 0.1) is 13.8 Å². The topological polar surface area (TPSA) is 32.7 Å². The number of β-amino-alcohol motifs (C(OH)–C–C–N with tert-alkyl or cyclic N) is 1. The summed E-state index contributed by atoms with van der Waals surface area (Å²) in [4.78, 5) is 2.30. The standard InChI is InChI=1S/C14H21NO2/c1-10-6-12(7-11(2)14(10)17-3)8-15-5-4-13(16)9-15/h6-7,13,16H,4-5,8-9H2,1-3H3/t13-/m1/s1. The Kier molecular flexibility index (Phi) is 3.69. The number of nitrogens with zero attached hydrogens (tertiary/aromatic N) is 1. The maximum absolute atomic E-state index is 9.51. The molecule has 1 aromatic carbocycles. The third-order valence-corrected chi connectivity index (χ3v) is 3.38. The van der Waals surface area contributed by atoms with E-state index in [2.05, 4.69) is 30.9 Å². The Balaban J connectivity index is 2.12. The van der Waals surface area contributed by atoms with Crippen molar-refractivity contribution in [2.45, 2.75) is 32.9 Å². The Morgan fingerprint density at radius 2 is 2.00 bits per heavy atom. The maximum atomic E-state index is 9.51. The highest BCUT2D eigenvalue weighted by atomic mass is 16.5. The van der Waals surface area contributed by atoms with Gasteiger partial charge in [-0.3, -0.25) is 4.90 Å². The minimum absolute atomic E-state index is 0.143. The minimum atomic E-state index is -0.143. The van der Waals surface area contributed by atoms with Gasteiger partial charge in [0.05, 0.1) is 13.2 Å². The van der Waals surface area contributed by atoms with Crippen LogP contribution in [-0.4, -0.2) is 36.3 Å². The number of aryl methyl sites for hydroxylation is 2. The SMILES string of the molecule is COc1c(C)cc(CN2CC[C@@H](O)C2)cc1C. The van der Waals surface area contributed by atoms with E-state index in [0.29, 0.717) is 0 Å². The number of aliphatic hydroxyl groups is 1. The molecular formula is C14H21NO2. The van der Waals surface area contributed by atoms with Crippen LogP contribution in [0.4, 0.5) is 0 Å². The number of likely N-dealkylation sites (tertiary alicyclic amines) is 1. The first-order chi connectivity index (χ1) is 8.10. The zero-order valence-corrected chi connectivity index (χ0v) is 10.9. The molecule has 1 aromatic rings. The zero-order valence-electron chi connectivity index (χ0n) is 10.9. The summed E-state index contributed by atoms with van der Waals surface area (Å²) in [5.41, 5.74) is 3.67. The summed E-state index contributed by atoms with van der Waals surface area (Å²) < 4.78 is 5.36. The predicted molar refractivity (Wildman–Crippen MR) is 68.4 cm³/mol. The normalized spacial score (nSPS) is 20.8. The molecule has 0 unspecified atom stereocenters. The van der Waals surface area contributed by atoms with Crippen LogP contribution in [0.3, 0.4) is 0 Å². The van der Waals surface area contributed by atoms with Crippen molar-refractivity contribution in [3.8, 4) is 5.75 Å². The number of hydrogen-bond donors (Lipinski definition) is 1. The molecule has 94 valence electrons. The van der Waals surface area contributed by atoms with Gasteiger partial charge in [-0.15, -0.1) is 0 Å². The third-order valence-electron chi connectivity index (χ3n) is 3.38. The van der Waals surface area contributed by atoms with Crippen molar-refractivity contribution in [1.29, 1.82) is 0 Å². The third kappa shape index (κ3) is 2.79. The van der Waals surface area contributed by atoms with Gasteiger partial charge in [0.25, 0.3) is 0 Å². The molecule has 3 nitrogen and oxygen atoms in total. The van der Waals surface area contributed by atoms with Crippen molar-refractivity contribution in [3.63, 3.8) is 0 Å². The number of methoxy groups -OCH3 is 1. The van der Waals surface area contributed by atoms with E-state index in [4.69, 9.17) is 4.74 Å². The fourth-order valence-electron chi connectivity index (χ4n) is 2.67. The van der Waals surface area contributed by atoms with E-state index in [0.717, 1.165) is 31.8 Å². The summed E-state index contributed by atoms with van der Waals surface area (Å²) in [6, 6.07) is 4.35. The van der Waals surface area contributed by atoms with Crippen LogP contribution < -0.4 is 4.74 Å². The van der Waals surface area contributed by atoms with Gasteiger partial charge in [-0.25, -0.2) is 0 Å². The first kappa shape index (κ1) is 12.4. The average Bonchev–Trinajstić information content (AvgIpc) is 2.63. The lowest BCUT2D eigenvalue weighted by molar-refractivity contribution is 0.175. The highest BCUT2D eigenvalue weighted by Crippen LogP contribution is 2.25. The van der Waals surface area contributed by atoms with E-state index < -0.39 is 0 Å². The number of ether oxygens (including phenoxy) is 1. The van der Waals surface area contributed by atoms with Crippen LogP contribution >= 0.6 is 0 Å². The summed E-state index contributed by atoms with van der Waals surface area (Å²) in [5.74, 6) is 0.982. The molecule has 2 rings (SSSR count). The molecule has 17 heavy (non-hydrogen) atoms. The van der Waals surface area contributed by atoms with Crippen molar-refractivity contribution in [2.75, 3.05) is 20.2 Å². The molecule has 0 aliphatic carbocycles. The molecule has 1 aliphatic heterocycles. The van der Waals surface area contributed by atoms with E-state index in [1.165, 1.54) is 16.7 Å². The van der Waals surface area contributed by atoms with Gasteiger partial charge in [-0.1, -0.05) is 12.1 Å². The number of hydrogen-bond acceptors (Lipinski definition) is 3. The second kappa shape index (κ2) is 5.07. The molecule has 3 heteroatoms. The number of benzene rings is 1. The predicted octanol–water partition coefficient (Wildman–Crippen LogP) is 1.88. The Bertz CT molecular complexity index is 380. The highest BCUT2D eigenvalue weighted by Gasteiger charge is 2.20. The summed E-state index contributed by atoms with van der Waals surface area (Å²) >= 11 is 0. The Hall–Kier alpha value is -1.06. The molecule has 1 atom stereocenters. The summed E-state index contributed by atoms with van der Waals surface area (Å²) in [6.45, 7) is 6.86. The molecule has 0 bridgehead atoms. The minimum Gasteiger partial charge on any atom is -0.496 e. The van der Waals surface area contributed by atoms with Crippen LogP contribution in [0.5, 0.6) is 5.75 Å². The quantitative estimate of drug-likeness (QED) is 0.868. The van der Waals surface area contributed by atoms with Crippen molar-refractivity contribution in [2.24, 2.45) is 0 Å². The monoisotopic (exact) mass is 235 g/mol. The van der Waals surface area contributed by atoms with Gasteiger partial charge in [0.1, 0.15) is 5.75 Å². The maximum Gasteiger partial charge on any atom is 0.124 e. The van der Waals surface area contributed by atoms with Gasteiger partial charge in [-0.05, 0) is 37.0 Å². The lowest BCUT2D eigenvalue weighted by Gasteiger charge is -2.17. The second-order valence-electron chi connectivity index (χ2n) is 4.94. The molecule has 1 fully saturated rings. The van der Waals surface area contributed by atoms with Crippen LogP contribution in [0.1, 0.15) is 23.1 Å². The number of aliphatic hydroxyl groups excluding tert-OH is 1. The number of rotatable bonds is 3. The molecule has 1 N–H and O–H groups in total. The van der Waals surface area contributed by atoms with Gasteiger partial charge in [0.15, 0.2) is 0 Å². The van der Waals surface area contributed by atoms with E-state index in [1.54, 1.807) is 7.11 Å². The van der Waals surface area contributed by atoms with Crippen molar-refractivity contribution < 1.29 is 9.84 Å². The van der Waals surface area contributed by atoms with Crippen LogP contribution in [-0.2, 0) is 6.54 Å². The average molecular weight is 235 g/mol. The van der Waals surface area contributed by atoms with Crippen LogP contribution in [0.25, 0.3) is 0 Å². The van der Waals surface area contributed by atoms with Gasteiger partial charge in [0.2, 0.25) is 0 Å². The molecule has 0 aromatic heterocycles. The fourth-order valence-corrected chi connectivity index (χ4v) is 2.67. The fraction of sp³-hybridized carbons (Fsp3) is 0.571. The van der Waals surface area contributed by atoms with Gasteiger partial charge in [0, 0.05) is 19.6 Å². The molecule has 0 amide bonds. The summed E-state index contributed by atoms with van der Waals surface area (Å²) in [6.07, 6.45) is 0.754. The molecule has 1 aliphatic rings. The van der Waals surface area contributed by atoms with Crippen molar-refractivity contribution in [1.82, 2.24) is 4.90 Å². The van der Waals surface area contributed by atoms with E-state index in [9.17, 15) is 5.11 Å². The first-order valence-electron chi connectivity index (χ1n) is 6.14. The van der Waals surface area contributed by atoms with E-state index >= 15 is 0 Å². The Morgan fingerprint density at radius 3 is 2.47 bits per heavy atom. The molecule has 0 radical (unpaired) electrons. The lowest BCUT2D eigenvalue weighted by Crippen LogP contribution is -2.21. The molecule has 1 heterocycles. The van der Waals surface area contributed by atoms with E-state index in [1.807, 2.05) is 0 Å². The van der Waals surface area contributed by atoms with Crippen molar-refractivity contribution >= 4 is 0 Å². The molecule has 0 spiro atoms. The van der Waals surface area contributed by atoms with Crippen molar-refractivity contribution in [3.05, 3.63) is 28.8 Å². The van der Waals surface area contributed by atoms with Crippen LogP contribution in [0.2, 0.25) is 0 Å². The largest absolute Gasteiger partial charge is 0.496 e. The lowest BCUT2D eigenvalue weighted by atomic mass is 10.1. The smallest absolute Gasteiger partial charge is 0.124 e. The highest BCUT2D eigenvalue weighted by molar-refractivity contribution is 5.43. The Labute approximate surface area is 103 Å². The van der Waals surface area contributed by atoms with Gasteiger partial charge < -0.3 is 9.84 Å². The summed E-state index contributed by atoms with van der Waals surface area (Å²) in [5, 5.41) is 9.51. The molecule has 1 saturated heterocycles. The van der Waals surface area contributed by atoms with Crippen LogP contribution in [0.15, 0.2) is 12.1 Å². The van der Waals surface area contributed by atoms with E-state index in [-0.39, 0.29) is 6.10 Å². The summed E-state index contributed by atoms with van der Waals surface area (Å²) in [7, 11) is 1.71. The second-order valence-corrected chi connectivity index (χ2v) is 4.94. The molecule has 0 saturated carbocycles. The van der Waals surface area contributed by atoms with Gasteiger partial charge >= 0.3 is 0 Å². The Morgan fingerprint density at radius 1 is 1.35 bits per heavy atom. The zero-order chi connectivity index (χ0) is 12.4.